The van der Waals surface area contributed by atoms with Crippen LogP contribution in [0.3, 0.4) is 0 Å². The van der Waals surface area contributed by atoms with Gasteiger partial charge in [0.05, 0.1) is 22.0 Å². The summed E-state index contributed by atoms with van der Waals surface area (Å²) in [5.41, 5.74) is -0.520. The van der Waals surface area contributed by atoms with Crippen molar-refractivity contribution in [3.8, 4) is 0 Å². The molecule has 8 nitrogen and oxygen atoms in total. The first-order valence-electron chi connectivity index (χ1n) is 10.6. The van der Waals surface area contributed by atoms with E-state index in [0.29, 0.717) is 19.1 Å². The zero-order chi connectivity index (χ0) is 23.9. The minimum atomic E-state index is -4.13. The lowest BCUT2D eigenvalue weighted by molar-refractivity contribution is -0.246. The Labute approximate surface area is 194 Å². The van der Waals surface area contributed by atoms with Crippen molar-refractivity contribution in [3.05, 3.63) is 59.7 Å². The Kier molecular flexibility index (Phi) is 6.25. The summed E-state index contributed by atoms with van der Waals surface area (Å²) < 4.78 is 67.8. The fourth-order valence-electron chi connectivity index (χ4n) is 4.30. The van der Waals surface area contributed by atoms with E-state index in [0.717, 1.165) is 11.1 Å². The Morgan fingerprint density at radius 2 is 1.33 bits per heavy atom. The first-order chi connectivity index (χ1) is 15.5. The predicted octanol–water partition coefficient (Wildman–Crippen LogP) is 3.06. The maximum Gasteiger partial charge on any atom is 0.297 e. The van der Waals surface area contributed by atoms with Crippen LogP contribution in [-0.2, 0) is 38.1 Å². The average molecular weight is 495 g/mol. The quantitative estimate of drug-likeness (QED) is 0.406. The minimum absolute atomic E-state index is 0.00191. The number of carbonyl (C=O) groups excluding carboxylic acids is 1. The Morgan fingerprint density at radius 3 is 1.82 bits per heavy atom. The van der Waals surface area contributed by atoms with E-state index in [1.807, 2.05) is 13.8 Å². The van der Waals surface area contributed by atoms with Gasteiger partial charge in [-0.15, -0.1) is 0 Å². The highest BCUT2D eigenvalue weighted by Crippen LogP contribution is 2.50. The van der Waals surface area contributed by atoms with Crippen LogP contribution >= 0.6 is 0 Å². The highest BCUT2D eigenvalue weighted by atomic mass is 32.2. The summed E-state index contributed by atoms with van der Waals surface area (Å²) >= 11 is 0. The van der Waals surface area contributed by atoms with Crippen molar-refractivity contribution in [2.45, 2.75) is 66.6 Å². The largest absolute Gasteiger partial charge is 0.359 e. The molecule has 3 fully saturated rings. The van der Waals surface area contributed by atoms with Crippen molar-refractivity contribution >= 4 is 26.5 Å². The van der Waals surface area contributed by atoms with Gasteiger partial charge in [0.1, 0.15) is 11.7 Å². The molecule has 2 saturated heterocycles. The molecule has 2 heterocycles. The lowest BCUT2D eigenvalue weighted by Gasteiger charge is -2.54. The molecule has 1 aliphatic carbocycles. The van der Waals surface area contributed by atoms with E-state index >= 15 is 0 Å². The molecule has 2 aromatic carbocycles. The number of hydrogen-bond donors (Lipinski definition) is 0. The molecular formula is C23H26O8S2. The number of rotatable bonds is 8. The summed E-state index contributed by atoms with van der Waals surface area (Å²) in [6, 6.07) is 12.5. The molecule has 2 aliphatic heterocycles. The van der Waals surface area contributed by atoms with Crippen molar-refractivity contribution in [3.63, 3.8) is 0 Å². The van der Waals surface area contributed by atoms with Crippen LogP contribution in [0.1, 0.15) is 36.8 Å². The molecule has 3 aliphatic rings. The molecule has 0 radical (unpaired) electrons. The van der Waals surface area contributed by atoms with Gasteiger partial charge in [0.15, 0.2) is 6.29 Å². The third-order valence-corrected chi connectivity index (χ3v) is 9.08. The average Bonchev–Trinajstić information content (AvgIpc) is 2.79. The van der Waals surface area contributed by atoms with E-state index in [4.69, 9.17) is 13.1 Å². The second kappa shape index (κ2) is 8.59. The second-order valence-corrected chi connectivity index (χ2v) is 12.0. The smallest absolute Gasteiger partial charge is 0.297 e. The van der Waals surface area contributed by atoms with Gasteiger partial charge in [0.2, 0.25) is 0 Å². The highest BCUT2D eigenvalue weighted by Gasteiger charge is 2.59. The summed E-state index contributed by atoms with van der Waals surface area (Å²) in [7, 11) is -8.14. The first kappa shape index (κ1) is 24.0. The van der Waals surface area contributed by atoms with E-state index in [2.05, 4.69) is 0 Å². The lowest BCUT2D eigenvalue weighted by atomic mass is 9.70. The Morgan fingerprint density at radius 1 is 0.848 bits per heavy atom. The number of aryl methyl sites for hydroxylation is 2. The van der Waals surface area contributed by atoms with Crippen molar-refractivity contribution in [1.29, 1.82) is 0 Å². The number of benzene rings is 2. The van der Waals surface area contributed by atoms with E-state index in [-0.39, 0.29) is 29.2 Å². The normalized spacial score (nSPS) is 27.4. The fraction of sp³-hybridized carbons (Fsp3) is 0.435. The number of ether oxygens (including phenoxy) is 1. The zero-order valence-electron chi connectivity index (χ0n) is 18.4. The van der Waals surface area contributed by atoms with Gasteiger partial charge in [-0.25, -0.2) is 0 Å². The van der Waals surface area contributed by atoms with Crippen LogP contribution < -0.4 is 0 Å². The predicted molar refractivity (Wildman–Crippen MR) is 119 cm³/mol. The molecule has 2 bridgehead atoms. The maximum absolute atomic E-state index is 12.9. The standard InChI is InChI=1S/C23H26O8S2/c1-17-3-7-19(8-4-17)32(25,26)29-16-22-11-13-23(14-12-22,21(15-24)30-22)31-33(27,28)20-9-5-18(2)6-10-20/h3-10,15,21H,11-14,16H2,1-2H3. The van der Waals surface area contributed by atoms with Gasteiger partial charge in [0.25, 0.3) is 20.2 Å². The second-order valence-electron chi connectivity index (χ2n) is 8.80. The highest BCUT2D eigenvalue weighted by molar-refractivity contribution is 7.87. The van der Waals surface area contributed by atoms with E-state index in [1.165, 1.54) is 24.3 Å². The van der Waals surface area contributed by atoms with E-state index < -0.39 is 37.5 Å². The van der Waals surface area contributed by atoms with Gasteiger partial charge >= 0.3 is 0 Å². The summed E-state index contributed by atoms with van der Waals surface area (Å²) in [5.74, 6) is 0. The molecule has 0 N–H and O–H groups in total. The van der Waals surface area contributed by atoms with Crippen LogP contribution in [0.25, 0.3) is 0 Å². The molecule has 178 valence electrons. The van der Waals surface area contributed by atoms with Crippen LogP contribution in [0.2, 0.25) is 0 Å². The SMILES string of the molecule is Cc1ccc(S(=O)(=O)OCC23CCC(OS(=O)(=O)c4ccc(C)cc4)(CC2)C(C=O)O3)cc1. The van der Waals surface area contributed by atoms with Crippen LogP contribution in [0, 0.1) is 13.8 Å². The molecule has 1 unspecified atom stereocenters. The summed E-state index contributed by atoms with van der Waals surface area (Å²) in [5, 5.41) is 0. The number of hydrogen-bond acceptors (Lipinski definition) is 8. The van der Waals surface area contributed by atoms with E-state index in [1.54, 1.807) is 24.3 Å². The van der Waals surface area contributed by atoms with Gasteiger partial charge in [-0.05, 0) is 63.8 Å². The molecule has 2 aromatic rings. The van der Waals surface area contributed by atoms with Crippen molar-refractivity contribution in [2.75, 3.05) is 6.61 Å². The van der Waals surface area contributed by atoms with Gasteiger partial charge in [-0.2, -0.15) is 16.8 Å². The first-order valence-corrected chi connectivity index (χ1v) is 13.4. The minimum Gasteiger partial charge on any atom is -0.359 e. The third kappa shape index (κ3) is 4.76. The topological polar surface area (TPSA) is 113 Å². The van der Waals surface area contributed by atoms with Crippen LogP contribution in [0.15, 0.2) is 58.3 Å². The third-order valence-electron chi connectivity index (χ3n) is 6.40. The van der Waals surface area contributed by atoms with Crippen LogP contribution in [0.5, 0.6) is 0 Å². The summed E-state index contributed by atoms with van der Waals surface area (Å²) in [4.78, 5) is 11.9. The molecule has 5 rings (SSSR count). The monoisotopic (exact) mass is 494 g/mol. The summed E-state index contributed by atoms with van der Waals surface area (Å²) in [6.45, 7) is 3.42. The van der Waals surface area contributed by atoms with Crippen molar-refractivity contribution in [2.24, 2.45) is 0 Å². The zero-order valence-corrected chi connectivity index (χ0v) is 20.0. The molecule has 0 spiro atoms. The van der Waals surface area contributed by atoms with Crippen molar-refractivity contribution < 1.29 is 34.7 Å². The molecule has 1 saturated carbocycles. The molecule has 33 heavy (non-hydrogen) atoms. The van der Waals surface area contributed by atoms with E-state index in [9.17, 15) is 21.6 Å². The van der Waals surface area contributed by atoms with Crippen molar-refractivity contribution in [1.82, 2.24) is 0 Å². The van der Waals surface area contributed by atoms with Crippen LogP contribution in [-0.4, -0.2) is 47.0 Å². The fourth-order valence-corrected chi connectivity index (χ4v) is 6.54. The maximum atomic E-state index is 12.9. The molecule has 1 atom stereocenters. The Bertz CT molecular complexity index is 1220. The van der Waals surface area contributed by atoms with Crippen LogP contribution in [0.4, 0.5) is 0 Å². The van der Waals surface area contributed by atoms with Gasteiger partial charge in [0, 0.05) is 0 Å². The lowest BCUT2D eigenvalue weighted by Crippen LogP contribution is -2.64. The molecular weight excluding hydrogens is 468 g/mol. The summed E-state index contributed by atoms with van der Waals surface area (Å²) in [6.07, 6.45) is 0.386. The van der Waals surface area contributed by atoms with Gasteiger partial charge in [-0.3, -0.25) is 8.37 Å². The molecule has 0 aromatic heterocycles. The number of fused-ring (bicyclic) bond motifs is 3. The number of aldehydes is 1. The van der Waals surface area contributed by atoms with Gasteiger partial charge in [-0.1, -0.05) is 35.4 Å². The Hall–Kier alpha value is -2.11. The number of carbonyl (C=O) groups is 1. The van der Waals surface area contributed by atoms with Gasteiger partial charge < -0.3 is 9.53 Å². The Balaban J connectivity index is 1.49. The molecule has 0 amide bonds. The molecule has 10 heteroatoms.